The maximum atomic E-state index is 5.72. The molecule has 1 saturated carbocycles. The molecule has 1 saturated heterocycles. The number of piperazine rings is 1. The Bertz CT molecular complexity index is 452. The van der Waals surface area contributed by atoms with Crippen molar-refractivity contribution >= 4 is 23.0 Å². The number of thiocarbonyl (C=S) groups is 1. The molecule has 2 heterocycles. The van der Waals surface area contributed by atoms with Crippen molar-refractivity contribution in [1.82, 2.24) is 14.9 Å². The van der Waals surface area contributed by atoms with E-state index in [4.69, 9.17) is 18.0 Å². The summed E-state index contributed by atoms with van der Waals surface area (Å²) in [5, 5.41) is 0. The van der Waals surface area contributed by atoms with Crippen LogP contribution in [0.3, 0.4) is 0 Å². The molecule has 0 spiro atoms. The van der Waals surface area contributed by atoms with Crippen LogP contribution in [0.25, 0.3) is 0 Å². The van der Waals surface area contributed by atoms with Crippen molar-refractivity contribution in [3.05, 3.63) is 18.1 Å². The zero-order valence-corrected chi connectivity index (χ0v) is 11.1. The summed E-state index contributed by atoms with van der Waals surface area (Å²) in [6.45, 7) is 4.18. The summed E-state index contributed by atoms with van der Waals surface area (Å²) in [5.41, 5.74) is 6.51. The maximum Gasteiger partial charge on any atom is 0.142 e. The first kappa shape index (κ1) is 11.8. The van der Waals surface area contributed by atoms with Crippen LogP contribution in [0.2, 0.25) is 0 Å². The van der Waals surface area contributed by atoms with E-state index in [0.29, 0.717) is 4.99 Å². The molecule has 0 atom stereocenters. The lowest BCUT2D eigenvalue weighted by Gasteiger charge is -2.36. The number of rotatable bonds is 3. The molecule has 0 unspecified atom stereocenters. The maximum absolute atomic E-state index is 5.72. The number of nitrogens with two attached hydrogens (primary N) is 1. The zero-order chi connectivity index (χ0) is 12.5. The lowest BCUT2D eigenvalue weighted by atomic mass is 10.2. The van der Waals surface area contributed by atoms with Crippen molar-refractivity contribution in [3.63, 3.8) is 0 Å². The van der Waals surface area contributed by atoms with Gasteiger partial charge in [0.2, 0.25) is 0 Å². The molecular formula is C12H17N5S. The molecular weight excluding hydrogens is 246 g/mol. The molecule has 2 aliphatic rings. The Labute approximate surface area is 112 Å². The summed E-state index contributed by atoms with van der Waals surface area (Å²) < 4.78 is 0. The molecule has 1 aromatic rings. The van der Waals surface area contributed by atoms with Gasteiger partial charge in [0.1, 0.15) is 17.1 Å². The van der Waals surface area contributed by atoms with Gasteiger partial charge >= 0.3 is 0 Å². The Hall–Kier alpha value is -1.27. The van der Waals surface area contributed by atoms with E-state index < -0.39 is 0 Å². The summed E-state index contributed by atoms with van der Waals surface area (Å²) >= 11 is 5.05. The number of hydrogen-bond acceptors (Lipinski definition) is 5. The Morgan fingerprint density at radius 2 is 2.00 bits per heavy atom. The topological polar surface area (TPSA) is 58.3 Å². The van der Waals surface area contributed by atoms with Gasteiger partial charge in [-0.25, -0.2) is 9.97 Å². The first-order valence-electron chi connectivity index (χ1n) is 6.34. The van der Waals surface area contributed by atoms with Crippen LogP contribution in [0.4, 0.5) is 5.82 Å². The van der Waals surface area contributed by atoms with Gasteiger partial charge < -0.3 is 10.6 Å². The number of aromatic nitrogens is 2. The number of hydrogen-bond donors (Lipinski definition) is 1. The number of anilines is 1. The van der Waals surface area contributed by atoms with Gasteiger partial charge in [-0.3, -0.25) is 4.90 Å². The molecule has 0 bridgehead atoms. The molecule has 1 aliphatic carbocycles. The van der Waals surface area contributed by atoms with Crippen molar-refractivity contribution in [2.24, 2.45) is 5.73 Å². The Kier molecular flexibility index (Phi) is 3.13. The fourth-order valence-electron chi connectivity index (χ4n) is 2.49. The van der Waals surface area contributed by atoms with Gasteiger partial charge in [-0.05, 0) is 12.8 Å². The third-order valence-electron chi connectivity index (χ3n) is 3.63. The van der Waals surface area contributed by atoms with Crippen molar-refractivity contribution in [2.45, 2.75) is 18.9 Å². The van der Waals surface area contributed by atoms with Gasteiger partial charge in [-0.2, -0.15) is 0 Å². The van der Waals surface area contributed by atoms with E-state index in [0.717, 1.165) is 43.6 Å². The third kappa shape index (κ3) is 2.30. The predicted octanol–water partition coefficient (Wildman–Crippen LogP) is 0.395. The fourth-order valence-corrected chi connectivity index (χ4v) is 2.63. The molecule has 6 heteroatoms. The first-order valence-corrected chi connectivity index (χ1v) is 6.75. The SMILES string of the molecule is NC(=S)c1cncnc1N1CCN(C2CC2)CC1. The second-order valence-electron chi connectivity index (χ2n) is 4.88. The number of nitrogens with zero attached hydrogens (tertiary/aromatic N) is 4. The van der Waals surface area contributed by atoms with Gasteiger partial charge in [0.15, 0.2) is 0 Å². The van der Waals surface area contributed by atoms with Crippen LogP contribution in [0.5, 0.6) is 0 Å². The Morgan fingerprint density at radius 1 is 1.28 bits per heavy atom. The van der Waals surface area contributed by atoms with Crippen LogP contribution in [0.15, 0.2) is 12.5 Å². The van der Waals surface area contributed by atoms with E-state index in [1.807, 2.05) is 0 Å². The monoisotopic (exact) mass is 263 g/mol. The molecule has 0 aromatic carbocycles. The van der Waals surface area contributed by atoms with E-state index >= 15 is 0 Å². The van der Waals surface area contributed by atoms with Crippen LogP contribution in [0.1, 0.15) is 18.4 Å². The molecule has 0 amide bonds. The molecule has 1 aromatic heterocycles. The van der Waals surface area contributed by atoms with E-state index in [1.54, 1.807) is 12.5 Å². The minimum Gasteiger partial charge on any atom is -0.389 e. The quantitative estimate of drug-likeness (QED) is 0.796. The highest BCUT2D eigenvalue weighted by molar-refractivity contribution is 7.80. The van der Waals surface area contributed by atoms with E-state index in [1.165, 1.54) is 12.8 Å². The third-order valence-corrected chi connectivity index (χ3v) is 3.85. The fraction of sp³-hybridized carbons (Fsp3) is 0.583. The minimum atomic E-state index is 0.371. The zero-order valence-electron chi connectivity index (χ0n) is 10.2. The van der Waals surface area contributed by atoms with Gasteiger partial charge in [0, 0.05) is 38.4 Å². The smallest absolute Gasteiger partial charge is 0.142 e. The normalized spacial score (nSPS) is 21.0. The molecule has 18 heavy (non-hydrogen) atoms. The summed E-state index contributed by atoms with van der Waals surface area (Å²) in [4.78, 5) is 13.5. The summed E-state index contributed by atoms with van der Waals surface area (Å²) in [7, 11) is 0. The second-order valence-corrected chi connectivity index (χ2v) is 5.32. The van der Waals surface area contributed by atoms with Crippen molar-refractivity contribution in [1.29, 1.82) is 0 Å². The average Bonchev–Trinajstić information content (AvgIpc) is 3.23. The molecule has 0 radical (unpaired) electrons. The molecule has 2 N–H and O–H groups in total. The van der Waals surface area contributed by atoms with Crippen LogP contribution < -0.4 is 10.6 Å². The van der Waals surface area contributed by atoms with Crippen LogP contribution in [-0.2, 0) is 0 Å². The van der Waals surface area contributed by atoms with Crippen molar-refractivity contribution < 1.29 is 0 Å². The molecule has 2 fully saturated rings. The first-order chi connectivity index (χ1) is 8.75. The predicted molar refractivity (Wildman–Crippen MR) is 74.7 cm³/mol. The molecule has 1 aliphatic heterocycles. The largest absolute Gasteiger partial charge is 0.389 e. The minimum absolute atomic E-state index is 0.371. The highest BCUT2D eigenvalue weighted by Gasteiger charge is 2.31. The Morgan fingerprint density at radius 3 is 2.61 bits per heavy atom. The van der Waals surface area contributed by atoms with Gasteiger partial charge in [-0.15, -0.1) is 0 Å². The van der Waals surface area contributed by atoms with Crippen molar-refractivity contribution in [3.8, 4) is 0 Å². The van der Waals surface area contributed by atoms with Crippen LogP contribution in [0, 0.1) is 0 Å². The van der Waals surface area contributed by atoms with Gasteiger partial charge in [-0.1, -0.05) is 12.2 Å². The summed E-state index contributed by atoms with van der Waals surface area (Å²) in [5.74, 6) is 0.882. The molecule has 5 nitrogen and oxygen atoms in total. The average molecular weight is 263 g/mol. The van der Waals surface area contributed by atoms with E-state index in [-0.39, 0.29) is 0 Å². The standard InChI is InChI=1S/C12H17N5S/c13-11(18)10-7-14-8-15-12(10)17-5-3-16(4-6-17)9-1-2-9/h7-9H,1-6H2,(H2,13,18). The lowest BCUT2D eigenvalue weighted by Crippen LogP contribution is -2.48. The van der Waals surface area contributed by atoms with Gasteiger partial charge in [0.25, 0.3) is 0 Å². The molecule has 96 valence electrons. The summed E-state index contributed by atoms with van der Waals surface area (Å²) in [6, 6.07) is 0.840. The van der Waals surface area contributed by atoms with Crippen LogP contribution in [-0.4, -0.2) is 52.1 Å². The van der Waals surface area contributed by atoms with E-state index in [2.05, 4.69) is 19.8 Å². The van der Waals surface area contributed by atoms with Crippen LogP contribution >= 0.6 is 12.2 Å². The lowest BCUT2D eigenvalue weighted by molar-refractivity contribution is 0.247. The summed E-state index contributed by atoms with van der Waals surface area (Å²) in [6.07, 6.45) is 6.00. The second kappa shape index (κ2) is 4.78. The van der Waals surface area contributed by atoms with Crippen molar-refractivity contribution in [2.75, 3.05) is 31.1 Å². The Balaban J connectivity index is 1.73. The highest BCUT2D eigenvalue weighted by Crippen LogP contribution is 2.28. The van der Waals surface area contributed by atoms with Gasteiger partial charge in [0.05, 0.1) is 5.56 Å². The molecule has 3 rings (SSSR count). The van der Waals surface area contributed by atoms with E-state index in [9.17, 15) is 0 Å². The highest BCUT2D eigenvalue weighted by atomic mass is 32.1.